The van der Waals surface area contributed by atoms with Gasteiger partial charge >= 0.3 is 0 Å². The topological polar surface area (TPSA) is 47.8 Å². The largest absolute Gasteiger partial charge is 0.329 e. The molecule has 2 aromatic rings. The molecule has 0 aliphatic carbocycles. The zero-order valence-corrected chi connectivity index (χ0v) is 12.4. The van der Waals surface area contributed by atoms with E-state index in [4.69, 9.17) is 17.5 Å². The van der Waals surface area contributed by atoms with Crippen LogP contribution in [0.15, 0.2) is 18.2 Å². The second-order valence-electron chi connectivity index (χ2n) is 5.40. The Balaban J connectivity index is 1.95. The summed E-state index contributed by atoms with van der Waals surface area (Å²) in [6, 6.07) is 8.01. The van der Waals surface area contributed by atoms with E-state index in [2.05, 4.69) is 27.4 Å². The number of nitrogens with zero attached hydrogens (tertiary/aromatic N) is 3. The first-order valence-corrected chi connectivity index (χ1v) is 7.47. The van der Waals surface area contributed by atoms with E-state index in [9.17, 15) is 0 Å². The SMILES string of the molecule is CCN1CCC(Cn2c(=S)[nH]c3c(C#N)cccc32)C1. The minimum Gasteiger partial charge on any atom is -0.329 e. The minimum absolute atomic E-state index is 0.645. The van der Waals surface area contributed by atoms with Crippen LogP contribution in [0.4, 0.5) is 0 Å². The molecule has 1 aromatic carbocycles. The van der Waals surface area contributed by atoms with Crippen molar-refractivity contribution in [2.75, 3.05) is 19.6 Å². The van der Waals surface area contributed by atoms with Crippen LogP contribution in [0, 0.1) is 22.0 Å². The lowest BCUT2D eigenvalue weighted by molar-refractivity contribution is 0.333. The van der Waals surface area contributed by atoms with Gasteiger partial charge in [-0.15, -0.1) is 0 Å². The molecule has 20 heavy (non-hydrogen) atoms. The van der Waals surface area contributed by atoms with Gasteiger partial charge in [-0.3, -0.25) is 0 Å². The molecular weight excluding hydrogens is 268 g/mol. The Labute approximate surface area is 123 Å². The summed E-state index contributed by atoms with van der Waals surface area (Å²) in [6.45, 7) is 6.58. The number of H-pyrrole nitrogens is 1. The highest BCUT2D eigenvalue weighted by Crippen LogP contribution is 2.23. The van der Waals surface area contributed by atoms with Crippen molar-refractivity contribution >= 4 is 23.3 Å². The van der Waals surface area contributed by atoms with Crippen LogP contribution in [-0.4, -0.2) is 34.1 Å². The molecule has 1 N–H and O–H groups in total. The van der Waals surface area contributed by atoms with Crippen molar-refractivity contribution in [3.8, 4) is 6.07 Å². The Morgan fingerprint density at radius 3 is 3.05 bits per heavy atom. The molecule has 4 nitrogen and oxygen atoms in total. The van der Waals surface area contributed by atoms with Gasteiger partial charge in [0.15, 0.2) is 4.77 Å². The van der Waals surface area contributed by atoms with Crippen molar-refractivity contribution in [3.05, 3.63) is 28.5 Å². The molecule has 1 atom stereocenters. The van der Waals surface area contributed by atoms with E-state index < -0.39 is 0 Å². The molecule has 0 bridgehead atoms. The summed E-state index contributed by atoms with van der Waals surface area (Å²) in [5.74, 6) is 0.645. The van der Waals surface area contributed by atoms with E-state index in [-0.39, 0.29) is 0 Å². The first-order chi connectivity index (χ1) is 9.72. The van der Waals surface area contributed by atoms with Crippen LogP contribution < -0.4 is 0 Å². The maximum absolute atomic E-state index is 9.17. The van der Waals surface area contributed by atoms with Gasteiger partial charge in [-0.05, 0) is 49.8 Å². The number of para-hydroxylation sites is 1. The number of imidazole rings is 1. The number of aromatic nitrogens is 2. The Bertz CT molecular complexity index is 722. The third-order valence-corrected chi connectivity index (χ3v) is 4.51. The molecule has 1 fully saturated rings. The molecule has 0 spiro atoms. The Kier molecular flexibility index (Phi) is 3.60. The van der Waals surface area contributed by atoms with Crippen LogP contribution in [0.5, 0.6) is 0 Å². The molecule has 104 valence electrons. The van der Waals surface area contributed by atoms with Crippen molar-refractivity contribution in [1.82, 2.24) is 14.5 Å². The molecule has 0 radical (unpaired) electrons. The second kappa shape index (κ2) is 5.39. The molecule has 1 aliphatic heterocycles. The molecule has 0 saturated carbocycles. The number of aromatic amines is 1. The number of rotatable bonds is 3. The Morgan fingerprint density at radius 1 is 1.50 bits per heavy atom. The van der Waals surface area contributed by atoms with Gasteiger partial charge < -0.3 is 14.5 Å². The molecule has 1 aromatic heterocycles. The highest BCUT2D eigenvalue weighted by molar-refractivity contribution is 7.71. The summed E-state index contributed by atoms with van der Waals surface area (Å²) in [7, 11) is 0. The van der Waals surface area contributed by atoms with Crippen LogP contribution in [0.2, 0.25) is 0 Å². The summed E-state index contributed by atoms with van der Waals surface area (Å²) >= 11 is 5.44. The maximum Gasteiger partial charge on any atom is 0.178 e. The van der Waals surface area contributed by atoms with E-state index >= 15 is 0 Å². The fourth-order valence-corrected chi connectivity index (χ4v) is 3.34. The molecule has 0 amide bonds. The zero-order chi connectivity index (χ0) is 14.1. The highest BCUT2D eigenvalue weighted by atomic mass is 32.1. The number of nitrogens with one attached hydrogen (secondary N) is 1. The molecule has 5 heteroatoms. The van der Waals surface area contributed by atoms with Gasteiger partial charge in [-0.2, -0.15) is 5.26 Å². The number of hydrogen-bond donors (Lipinski definition) is 1. The predicted molar refractivity (Wildman–Crippen MR) is 82.1 cm³/mol. The molecule has 3 rings (SSSR count). The summed E-state index contributed by atoms with van der Waals surface area (Å²) in [4.78, 5) is 5.66. The summed E-state index contributed by atoms with van der Waals surface area (Å²) in [5.41, 5.74) is 2.57. The molecule has 2 heterocycles. The van der Waals surface area contributed by atoms with E-state index in [0.717, 1.165) is 35.4 Å². The molecule has 1 unspecified atom stereocenters. The van der Waals surface area contributed by atoms with Crippen LogP contribution in [0.25, 0.3) is 11.0 Å². The lowest BCUT2D eigenvalue weighted by Crippen LogP contribution is -2.21. The smallest absolute Gasteiger partial charge is 0.178 e. The highest BCUT2D eigenvalue weighted by Gasteiger charge is 2.22. The van der Waals surface area contributed by atoms with Crippen molar-refractivity contribution < 1.29 is 0 Å². The summed E-state index contributed by atoms with van der Waals surface area (Å²) in [6.07, 6.45) is 1.22. The van der Waals surface area contributed by atoms with E-state index in [1.54, 1.807) is 0 Å². The lowest BCUT2D eigenvalue weighted by atomic mass is 10.1. The van der Waals surface area contributed by atoms with Gasteiger partial charge in [0.1, 0.15) is 6.07 Å². The number of benzene rings is 1. The van der Waals surface area contributed by atoms with Crippen molar-refractivity contribution in [2.24, 2.45) is 5.92 Å². The first kappa shape index (κ1) is 13.3. The number of fused-ring (bicyclic) bond motifs is 1. The van der Waals surface area contributed by atoms with Gasteiger partial charge in [-0.1, -0.05) is 13.0 Å². The van der Waals surface area contributed by atoms with Crippen LogP contribution in [0.1, 0.15) is 18.9 Å². The van der Waals surface area contributed by atoms with Gasteiger partial charge in [-0.25, -0.2) is 0 Å². The fraction of sp³-hybridized carbons (Fsp3) is 0.467. The van der Waals surface area contributed by atoms with Gasteiger partial charge in [0.25, 0.3) is 0 Å². The van der Waals surface area contributed by atoms with E-state index in [1.807, 2.05) is 18.2 Å². The maximum atomic E-state index is 9.17. The number of likely N-dealkylation sites (tertiary alicyclic amines) is 1. The number of hydrogen-bond acceptors (Lipinski definition) is 3. The Morgan fingerprint density at radius 2 is 2.35 bits per heavy atom. The predicted octanol–water partition coefficient (Wildman–Crippen LogP) is 2.91. The van der Waals surface area contributed by atoms with E-state index in [1.165, 1.54) is 13.0 Å². The Hall–Kier alpha value is -1.64. The summed E-state index contributed by atoms with van der Waals surface area (Å²) in [5, 5.41) is 9.17. The zero-order valence-electron chi connectivity index (χ0n) is 11.6. The quantitative estimate of drug-likeness (QED) is 0.883. The van der Waals surface area contributed by atoms with Gasteiger partial charge in [0, 0.05) is 13.1 Å². The van der Waals surface area contributed by atoms with E-state index in [0.29, 0.717) is 11.5 Å². The lowest BCUT2D eigenvalue weighted by Gasteiger charge is -2.14. The van der Waals surface area contributed by atoms with Crippen molar-refractivity contribution in [3.63, 3.8) is 0 Å². The monoisotopic (exact) mass is 286 g/mol. The van der Waals surface area contributed by atoms with Gasteiger partial charge in [0.05, 0.1) is 16.6 Å². The van der Waals surface area contributed by atoms with Crippen LogP contribution in [0.3, 0.4) is 0 Å². The standard InChI is InChI=1S/C15H18N4S/c1-2-18-7-6-11(9-18)10-19-13-5-3-4-12(8-16)14(13)17-15(19)20/h3-5,11H,2,6-7,9-10H2,1H3,(H,17,20). The van der Waals surface area contributed by atoms with Gasteiger partial charge in [0.2, 0.25) is 0 Å². The summed E-state index contributed by atoms with van der Waals surface area (Å²) < 4.78 is 2.87. The third-order valence-electron chi connectivity index (χ3n) is 4.19. The molecule has 1 aliphatic rings. The minimum atomic E-state index is 0.645. The van der Waals surface area contributed by atoms with Crippen molar-refractivity contribution in [2.45, 2.75) is 19.9 Å². The second-order valence-corrected chi connectivity index (χ2v) is 5.79. The normalized spacial score (nSPS) is 19.5. The third kappa shape index (κ3) is 2.26. The average molecular weight is 286 g/mol. The van der Waals surface area contributed by atoms with Crippen molar-refractivity contribution in [1.29, 1.82) is 5.26 Å². The van der Waals surface area contributed by atoms with Crippen LogP contribution in [-0.2, 0) is 6.54 Å². The average Bonchev–Trinajstić information content (AvgIpc) is 3.04. The fourth-order valence-electron chi connectivity index (χ4n) is 3.06. The molecule has 1 saturated heterocycles. The number of nitriles is 1. The molecular formula is C15H18N4S. The van der Waals surface area contributed by atoms with Crippen LogP contribution >= 0.6 is 12.2 Å². The first-order valence-electron chi connectivity index (χ1n) is 7.07.